The van der Waals surface area contributed by atoms with Gasteiger partial charge in [-0.3, -0.25) is 0 Å². The molecule has 1 aromatic heterocycles. The van der Waals surface area contributed by atoms with Gasteiger partial charge in [0.05, 0.1) is 0 Å². The van der Waals surface area contributed by atoms with Crippen LogP contribution < -0.4 is 5.32 Å². The molecule has 102 valence electrons. The number of nitrogens with zero attached hydrogens (tertiary/aromatic N) is 1. The van der Waals surface area contributed by atoms with Crippen LogP contribution in [0.15, 0.2) is 22.7 Å². The third-order valence-corrected chi connectivity index (χ3v) is 5.17. The zero-order valence-electron chi connectivity index (χ0n) is 11.7. The number of aryl methyl sites for hydroxylation is 2. The maximum absolute atomic E-state index is 3.85. The molecule has 3 heteroatoms. The third-order valence-electron chi connectivity index (χ3n) is 4.34. The fourth-order valence-electron chi connectivity index (χ4n) is 3.22. The molecule has 2 heterocycles. The van der Waals surface area contributed by atoms with Crippen LogP contribution in [0.25, 0.3) is 10.9 Å². The summed E-state index contributed by atoms with van der Waals surface area (Å²) < 4.78 is 3.67. The van der Waals surface area contributed by atoms with Crippen molar-refractivity contribution >= 4 is 26.8 Å². The molecule has 3 rings (SSSR count). The summed E-state index contributed by atoms with van der Waals surface area (Å²) in [4.78, 5) is 0. The second-order valence-electron chi connectivity index (χ2n) is 5.51. The Kier molecular flexibility index (Phi) is 3.68. The monoisotopic (exact) mass is 320 g/mol. The molecule has 1 atom stereocenters. The molecule has 0 saturated carbocycles. The lowest BCUT2D eigenvalue weighted by Gasteiger charge is -2.24. The van der Waals surface area contributed by atoms with Crippen LogP contribution >= 0.6 is 15.9 Å². The Morgan fingerprint density at radius 3 is 2.95 bits per heavy atom. The summed E-state index contributed by atoms with van der Waals surface area (Å²) in [7, 11) is 2.20. The number of nitrogens with one attached hydrogen (secondary N) is 1. The molecule has 1 aliphatic heterocycles. The minimum Gasteiger partial charge on any atom is -0.346 e. The zero-order chi connectivity index (χ0) is 13.4. The van der Waals surface area contributed by atoms with Crippen LogP contribution in [-0.2, 0) is 13.5 Å². The summed E-state index contributed by atoms with van der Waals surface area (Å²) in [5, 5.41) is 4.88. The Labute approximate surface area is 123 Å². The molecule has 1 fully saturated rings. The van der Waals surface area contributed by atoms with Gasteiger partial charge in [-0.05, 0) is 59.4 Å². The van der Waals surface area contributed by atoms with E-state index in [0.717, 1.165) is 19.5 Å². The van der Waals surface area contributed by atoms with Gasteiger partial charge in [0.25, 0.3) is 0 Å². The lowest BCUT2D eigenvalue weighted by atomic mass is 9.96. The van der Waals surface area contributed by atoms with Gasteiger partial charge < -0.3 is 9.88 Å². The van der Waals surface area contributed by atoms with Gasteiger partial charge in [-0.15, -0.1) is 0 Å². The van der Waals surface area contributed by atoms with Crippen molar-refractivity contribution in [1.29, 1.82) is 0 Å². The average Bonchev–Trinajstić information content (AvgIpc) is 2.71. The van der Waals surface area contributed by atoms with Gasteiger partial charge in [0.1, 0.15) is 0 Å². The van der Waals surface area contributed by atoms with Gasteiger partial charge in [-0.1, -0.05) is 13.0 Å². The van der Waals surface area contributed by atoms with Crippen molar-refractivity contribution in [1.82, 2.24) is 9.88 Å². The highest BCUT2D eigenvalue weighted by Crippen LogP contribution is 2.37. The predicted molar refractivity (Wildman–Crippen MR) is 84.8 cm³/mol. The van der Waals surface area contributed by atoms with Crippen LogP contribution in [0.5, 0.6) is 0 Å². The van der Waals surface area contributed by atoms with Crippen LogP contribution in [0.2, 0.25) is 0 Å². The molecule has 0 spiro atoms. The molecule has 1 saturated heterocycles. The van der Waals surface area contributed by atoms with Crippen molar-refractivity contribution in [3.63, 3.8) is 0 Å². The van der Waals surface area contributed by atoms with Crippen LogP contribution in [0, 0.1) is 0 Å². The highest BCUT2D eigenvalue weighted by Gasteiger charge is 2.23. The van der Waals surface area contributed by atoms with Gasteiger partial charge in [0, 0.05) is 40.6 Å². The molecule has 0 bridgehead atoms. The standard InChI is InChI=1S/C16H21BrN2/c1-3-11-6-7-14-13(9-11)15(17)16(19(14)2)12-5-4-8-18-10-12/h6-7,9,12,18H,3-5,8,10H2,1-2H3. The highest BCUT2D eigenvalue weighted by atomic mass is 79.9. The minimum atomic E-state index is 0.630. The third kappa shape index (κ3) is 2.23. The first kappa shape index (κ1) is 13.2. The number of aromatic nitrogens is 1. The van der Waals surface area contributed by atoms with Crippen molar-refractivity contribution in [2.45, 2.75) is 32.1 Å². The van der Waals surface area contributed by atoms with E-state index in [2.05, 4.69) is 58.0 Å². The summed E-state index contributed by atoms with van der Waals surface area (Å²) >= 11 is 3.85. The molecule has 1 unspecified atom stereocenters. The predicted octanol–water partition coefficient (Wildman–Crippen LogP) is 3.97. The van der Waals surface area contributed by atoms with E-state index in [4.69, 9.17) is 0 Å². The lowest BCUT2D eigenvalue weighted by Crippen LogP contribution is -2.29. The van der Waals surface area contributed by atoms with E-state index >= 15 is 0 Å². The Hall–Kier alpha value is -0.800. The molecule has 2 nitrogen and oxygen atoms in total. The SMILES string of the molecule is CCc1ccc2c(c1)c(Br)c(C1CCCNC1)n2C. The van der Waals surface area contributed by atoms with Crippen LogP contribution in [0.3, 0.4) is 0 Å². The Morgan fingerprint density at radius 2 is 2.26 bits per heavy atom. The highest BCUT2D eigenvalue weighted by molar-refractivity contribution is 9.10. The van der Waals surface area contributed by atoms with E-state index in [1.165, 1.54) is 39.5 Å². The maximum Gasteiger partial charge on any atom is 0.0491 e. The van der Waals surface area contributed by atoms with Crippen LogP contribution in [0.4, 0.5) is 0 Å². The van der Waals surface area contributed by atoms with Gasteiger partial charge in [-0.25, -0.2) is 0 Å². The Morgan fingerprint density at radius 1 is 1.42 bits per heavy atom. The van der Waals surface area contributed by atoms with E-state index in [-0.39, 0.29) is 0 Å². The first-order chi connectivity index (χ1) is 9.22. The van der Waals surface area contributed by atoms with Crippen molar-refractivity contribution in [2.24, 2.45) is 7.05 Å². The molecular weight excluding hydrogens is 300 g/mol. The fraction of sp³-hybridized carbons (Fsp3) is 0.500. The first-order valence-electron chi connectivity index (χ1n) is 7.19. The topological polar surface area (TPSA) is 17.0 Å². The van der Waals surface area contributed by atoms with Crippen LogP contribution in [0.1, 0.15) is 36.9 Å². The molecule has 19 heavy (non-hydrogen) atoms. The van der Waals surface area contributed by atoms with Gasteiger partial charge in [-0.2, -0.15) is 0 Å². The molecule has 2 aromatic rings. The first-order valence-corrected chi connectivity index (χ1v) is 7.99. The number of piperidine rings is 1. The molecular formula is C16H21BrN2. The molecule has 1 aromatic carbocycles. The molecule has 0 aliphatic carbocycles. The van der Waals surface area contributed by atoms with E-state index in [0.29, 0.717) is 5.92 Å². The maximum atomic E-state index is 3.85. The largest absolute Gasteiger partial charge is 0.346 e. The zero-order valence-corrected chi connectivity index (χ0v) is 13.3. The summed E-state index contributed by atoms with van der Waals surface area (Å²) in [5.74, 6) is 0.630. The van der Waals surface area contributed by atoms with E-state index in [9.17, 15) is 0 Å². The van der Waals surface area contributed by atoms with Crippen molar-refractivity contribution < 1.29 is 0 Å². The van der Waals surface area contributed by atoms with Crippen molar-refractivity contribution in [3.05, 3.63) is 33.9 Å². The van der Waals surface area contributed by atoms with Crippen molar-refractivity contribution in [3.8, 4) is 0 Å². The van der Waals surface area contributed by atoms with Crippen molar-refractivity contribution in [2.75, 3.05) is 13.1 Å². The molecule has 0 radical (unpaired) electrons. The summed E-state index contributed by atoms with van der Waals surface area (Å²) in [5.41, 5.74) is 4.20. The summed E-state index contributed by atoms with van der Waals surface area (Å²) in [6, 6.07) is 6.84. The fourth-order valence-corrected chi connectivity index (χ4v) is 4.13. The second-order valence-corrected chi connectivity index (χ2v) is 6.30. The molecule has 1 N–H and O–H groups in total. The minimum absolute atomic E-state index is 0.630. The van der Waals surface area contributed by atoms with Crippen LogP contribution in [-0.4, -0.2) is 17.7 Å². The van der Waals surface area contributed by atoms with E-state index in [1.807, 2.05) is 0 Å². The number of hydrogen-bond donors (Lipinski definition) is 1. The van der Waals surface area contributed by atoms with Gasteiger partial charge >= 0.3 is 0 Å². The quantitative estimate of drug-likeness (QED) is 0.886. The van der Waals surface area contributed by atoms with Gasteiger partial charge in [0.2, 0.25) is 0 Å². The van der Waals surface area contributed by atoms with E-state index < -0.39 is 0 Å². The number of benzene rings is 1. The normalized spacial score (nSPS) is 20.1. The Balaban J connectivity index is 2.13. The molecule has 0 amide bonds. The molecule has 1 aliphatic rings. The number of hydrogen-bond acceptors (Lipinski definition) is 1. The number of halogens is 1. The number of rotatable bonds is 2. The smallest absolute Gasteiger partial charge is 0.0491 e. The van der Waals surface area contributed by atoms with E-state index in [1.54, 1.807) is 0 Å². The summed E-state index contributed by atoms with van der Waals surface area (Å²) in [6.45, 7) is 4.48. The average molecular weight is 321 g/mol. The van der Waals surface area contributed by atoms with Gasteiger partial charge in [0.15, 0.2) is 0 Å². The lowest BCUT2D eigenvalue weighted by molar-refractivity contribution is 0.447. The summed E-state index contributed by atoms with van der Waals surface area (Å²) in [6.07, 6.45) is 3.66. The second kappa shape index (κ2) is 5.29. The Bertz CT molecular complexity index is 594. The number of fused-ring (bicyclic) bond motifs is 1.